The van der Waals surface area contributed by atoms with Gasteiger partial charge < -0.3 is 24.6 Å². The Labute approximate surface area is 123 Å². The van der Waals surface area contributed by atoms with Crippen LogP contribution in [0.15, 0.2) is 6.07 Å². The fourth-order valence-corrected chi connectivity index (χ4v) is 3.20. The standard InChI is InChI=1S/C14H19N2O5/c1-8(16(17)18)12-11-9(4-5-15(12)2)6-10-13(14(11)19-3)21-7-20-10/h6,8,12,17H,4-5,7H2,1-3H3/q-1/t8-,12+/m1/s1. The number of rotatable bonds is 3. The largest absolute Gasteiger partial charge is 0.762 e. The molecule has 0 aliphatic carbocycles. The molecule has 0 saturated heterocycles. The van der Waals surface area contributed by atoms with E-state index in [1.807, 2.05) is 18.0 Å². The summed E-state index contributed by atoms with van der Waals surface area (Å²) in [6, 6.07) is 1.04. The Balaban J connectivity index is 2.16. The lowest BCUT2D eigenvalue weighted by Crippen LogP contribution is -2.43. The van der Waals surface area contributed by atoms with Crippen molar-refractivity contribution in [1.29, 1.82) is 0 Å². The van der Waals surface area contributed by atoms with Crippen LogP contribution in [-0.4, -0.2) is 48.9 Å². The monoisotopic (exact) mass is 295 g/mol. The molecule has 7 nitrogen and oxygen atoms in total. The molecule has 0 aromatic heterocycles. The molecule has 0 amide bonds. The molecule has 3 rings (SSSR count). The van der Waals surface area contributed by atoms with E-state index >= 15 is 0 Å². The first-order valence-electron chi connectivity index (χ1n) is 6.89. The van der Waals surface area contributed by atoms with Gasteiger partial charge in [0.25, 0.3) is 0 Å². The van der Waals surface area contributed by atoms with Gasteiger partial charge in [-0.15, -0.1) is 0 Å². The molecule has 1 aromatic rings. The quantitative estimate of drug-likeness (QED) is 0.847. The number of fused-ring (bicyclic) bond motifs is 2. The second kappa shape index (κ2) is 5.34. The van der Waals surface area contributed by atoms with E-state index in [4.69, 9.17) is 14.2 Å². The van der Waals surface area contributed by atoms with Gasteiger partial charge in [-0.05, 0) is 32.0 Å². The maximum atomic E-state index is 11.4. The van der Waals surface area contributed by atoms with Crippen LogP contribution in [0.1, 0.15) is 24.1 Å². The third-order valence-corrected chi connectivity index (χ3v) is 4.26. The van der Waals surface area contributed by atoms with Crippen LogP contribution in [0.2, 0.25) is 0 Å². The average molecular weight is 295 g/mol. The number of likely N-dealkylation sites (N-methyl/N-ethyl adjacent to an activating group) is 1. The maximum Gasteiger partial charge on any atom is 0.231 e. The van der Waals surface area contributed by atoms with Crippen molar-refractivity contribution in [2.45, 2.75) is 25.4 Å². The van der Waals surface area contributed by atoms with Crippen molar-refractivity contribution in [1.82, 2.24) is 10.1 Å². The van der Waals surface area contributed by atoms with E-state index in [1.54, 1.807) is 14.0 Å². The lowest BCUT2D eigenvalue weighted by atomic mass is 9.88. The normalized spacial score (nSPS) is 22.3. The van der Waals surface area contributed by atoms with Crippen LogP contribution in [0.5, 0.6) is 17.2 Å². The summed E-state index contributed by atoms with van der Waals surface area (Å²) in [6.07, 6.45) is 0.826. The summed E-state index contributed by atoms with van der Waals surface area (Å²) in [7, 11) is 3.50. The molecule has 2 aliphatic heterocycles. The van der Waals surface area contributed by atoms with Crippen LogP contribution in [-0.2, 0) is 6.42 Å². The first-order valence-corrected chi connectivity index (χ1v) is 6.89. The van der Waals surface area contributed by atoms with Crippen molar-refractivity contribution < 1.29 is 19.4 Å². The van der Waals surface area contributed by atoms with Crippen LogP contribution >= 0.6 is 0 Å². The number of hydroxylamine groups is 2. The summed E-state index contributed by atoms with van der Waals surface area (Å²) < 4.78 is 16.5. The van der Waals surface area contributed by atoms with Crippen molar-refractivity contribution in [2.75, 3.05) is 27.5 Å². The van der Waals surface area contributed by atoms with Crippen molar-refractivity contribution in [3.8, 4) is 17.2 Å². The van der Waals surface area contributed by atoms with Gasteiger partial charge >= 0.3 is 0 Å². The zero-order valence-corrected chi connectivity index (χ0v) is 12.3. The summed E-state index contributed by atoms with van der Waals surface area (Å²) in [4.78, 5) is 2.04. The van der Waals surface area contributed by atoms with Crippen molar-refractivity contribution in [3.63, 3.8) is 0 Å². The third kappa shape index (κ3) is 2.22. The van der Waals surface area contributed by atoms with Crippen LogP contribution in [0.3, 0.4) is 0 Å². The van der Waals surface area contributed by atoms with Crippen LogP contribution in [0.4, 0.5) is 0 Å². The Kier molecular flexibility index (Phi) is 3.66. The molecule has 21 heavy (non-hydrogen) atoms. The van der Waals surface area contributed by atoms with Crippen molar-refractivity contribution >= 4 is 0 Å². The summed E-state index contributed by atoms with van der Waals surface area (Å²) in [6.45, 7) is 2.64. The van der Waals surface area contributed by atoms with Gasteiger partial charge in [0.15, 0.2) is 11.5 Å². The second-order valence-corrected chi connectivity index (χ2v) is 5.43. The molecule has 0 saturated carbocycles. The Morgan fingerprint density at radius 2 is 2.29 bits per heavy atom. The first-order chi connectivity index (χ1) is 10.0. The summed E-state index contributed by atoms with van der Waals surface area (Å²) in [5, 5.41) is 20.7. The van der Waals surface area contributed by atoms with E-state index in [9.17, 15) is 10.4 Å². The van der Waals surface area contributed by atoms with E-state index in [-0.39, 0.29) is 18.1 Å². The number of hydrogen-bond donors (Lipinski definition) is 1. The Bertz CT molecular complexity index is 549. The van der Waals surface area contributed by atoms with Gasteiger partial charge in [0.1, 0.15) is 0 Å². The molecule has 0 unspecified atom stereocenters. The van der Waals surface area contributed by atoms with Crippen LogP contribution in [0, 0.1) is 5.21 Å². The molecule has 0 spiro atoms. The van der Waals surface area contributed by atoms with Gasteiger partial charge in [-0.2, -0.15) is 0 Å². The molecule has 2 aliphatic rings. The highest BCUT2D eigenvalue weighted by molar-refractivity contribution is 5.62. The minimum absolute atomic E-state index is 0.000288. The number of methoxy groups -OCH3 is 1. The molecule has 0 fully saturated rings. The predicted molar refractivity (Wildman–Crippen MR) is 74.6 cm³/mol. The lowest BCUT2D eigenvalue weighted by Gasteiger charge is -2.43. The van der Waals surface area contributed by atoms with Crippen LogP contribution < -0.4 is 14.2 Å². The number of ether oxygens (including phenoxy) is 3. The number of hydrogen-bond acceptors (Lipinski definition) is 7. The molecule has 1 aromatic carbocycles. The molecule has 7 heteroatoms. The summed E-state index contributed by atoms with van der Waals surface area (Å²) in [5.41, 5.74) is 1.95. The zero-order valence-electron chi connectivity index (χ0n) is 12.3. The number of benzene rings is 1. The highest BCUT2D eigenvalue weighted by Crippen LogP contribution is 2.50. The second-order valence-electron chi connectivity index (χ2n) is 5.43. The predicted octanol–water partition coefficient (Wildman–Crippen LogP) is 1.53. The highest BCUT2D eigenvalue weighted by atomic mass is 16.8. The minimum atomic E-state index is -0.622. The molecule has 2 atom stereocenters. The number of nitrogens with zero attached hydrogens (tertiary/aromatic N) is 2. The minimum Gasteiger partial charge on any atom is -0.762 e. The summed E-state index contributed by atoms with van der Waals surface area (Å²) >= 11 is 0. The van der Waals surface area contributed by atoms with Gasteiger partial charge in [-0.3, -0.25) is 10.1 Å². The van der Waals surface area contributed by atoms with E-state index in [0.717, 1.165) is 24.1 Å². The van der Waals surface area contributed by atoms with Gasteiger partial charge in [0.2, 0.25) is 12.5 Å². The van der Waals surface area contributed by atoms with E-state index in [2.05, 4.69) is 0 Å². The zero-order chi connectivity index (χ0) is 15.1. The van der Waals surface area contributed by atoms with Crippen molar-refractivity contribution in [3.05, 3.63) is 22.4 Å². The van der Waals surface area contributed by atoms with Crippen LogP contribution in [0.25, 0.3) is 0 Å². The highest BCUT2D eigenvalue weighted by Gasteiger charge is 2.36. The molecular formula is C14H19N2O5-. The molecule has 1 N–H and O–H groups in total. The molecule has 2 heterocycles. The first kappa shape index (κ1) is 14.4. The van der Waals surface area contributed by atoms with Gasteiger partial charge in [-0.25, -0.2) is 0 Å². The molecule has 116 valence electrons. The van der Waals surface area contributed by atoms with E-state index in [0.29, 0.717) is 17.2 Å². The fraction of sp³-hybridized carbons (Fsp3) is 0.571. The molecular weight excluding hydrogens is 276 g/mol. The Morgan fingerprint density at radius 3 is 2.95 bits per heavy atom. The topological polar surface area (TPSA) is 77.5 Å². The third-order valence-electron chi connectivity index (χ3n) is 4.26. The Hall–Kier alpha value is -1.54. The van der Waals surface area contributed by atoms with Gasteiger partial charge in [0, 0.05) is 18.2 Å². The molecule has 0 bridgehead atoms. The Morgan fingerprint density at radius 1 is 1.52 bits per heavy atom. The van der Waals surface area contributed by atoms with Gasteiger partial charge in [0.05, 0.1) is 13.2 Å². The molecule has 0 radical (unpaired) electrons. The lowest BCUT2D eigenvalue weighted by molar-refractivity contribution is -0.0976. The average Bonchev–Trinajstić information content (AvgIpc) is 2.92. The van der Waals surface area contributed by atoms with Crippen molar-refractivity contribution in [2.24, 2.45) is 0 Å². The summed E-state index contributed by atoms with van der Waals surface area (Å²) in [5.74, 6) is 1.83. The van der Waals surface area contributed by atoms with E-state index in [1.165, 1.54) is 0 Å². The van der Waals surface area contributed by atoms with E-state index < -0.39 is 6.04 Å². The SMILES string of the molecule is COc1c2c(cc3c1[C@H]([C@@H](C)N([O-])O)N(C)CC3)OCO2. The smallest absolute Gasteiger partial charge is 0.231 e. The maximum absolute atomic E-state index is 11.4. The fourth-order valence-electron chi connectivity index (χ4n) is 3.20. The van der Waals surface area contributed by atoms with Gasteiger partial charge in [-0.1, -0.05) is 0 Å².